The number of rotatable bonds is 8. The number of hydrogen-bond donors (Lipinski definition) is 2. The van der Waals surface area contributed by atoms with Gasteiger partial charge in [-0.3, -0.25) is 0 Å². The third-order valence-corrected chi connectivity index (χ3v) is 4.96. The van der Waals surface area contributed by atoms with Gasteiger partial charge in [0.2, 0.25) is 0 Å². The summed E-state index contributed by atoms with van der Waals surface area (Å²) in [4.78, 5) is 0. The lowest BCUT2D eigenvalue weighted by Gasteiger charge is -2.35. The van der Waals surface area contributed by atoms with Crippen molar-refractivity contribution >= 4 is 0 Å². The van der Waals surface area contributed by atoms with Crippen LogP contribution in [0.3, 0.4) is 0 Å². The largest absolute Gasteiger partial charge is 0.394 e. The van der Waals surface area contributed by atoms with Crippen molar-refractivity contribution in [1.29, 1.82) is 0 Å². The summed E-state index contributed by atoms with van der Waals surface area (Å²) < 4.78 is 11.5. The van der Waals surface area contributed by atoms with Gasteiger partial charge in [-0.25, -0.2) is 0 Å². The molecule has 4 heteroatoms. The molecule has 1 saturated carbocycles. The highest BCUT2D eigenvalue weighted by Gasteiger charge is 2.41. The van der Waals surface area contributed by atoms with Gasteiger partial charge >= 0.3 is 0 Å². The zero-order chi connectivity index (χ0) is 14.3. The quantitative estimate of drug-likeness (QED) is 0.671. The number of ether oxygens (including phenoxy) is 2. The van der Waals surface area contributed by atoms with Crippen LogP contribution < -0.4 is 5.32 Å². The molecule has 0 spiro atoms. The fourth-order valence-corrected chi connectivity index (χ4v) is 3.79. The molecule has 2 N–H and O–H groups in total. The van der Waals surface area contributed by atoms with E-state index in [0.717, 1.165) is 45.6 Å². The zero-order valence-corrected chi connectivity index (χ0v) is 12.9. The van der Waals surface area contributed by atoms with Crippen LogP contribution in [0.2, 0.25) is 0 Å². The lowest BCUT2D eigenvalue weighted by Crippen LogP contribution is -2.51. The second-order valence-electron chi connectivity index (χ2n) is 6.29. The second-order valence-corrected chi connectivity index (χ2v) is 6.29. The molecular formula is C16H31NO3. The Labute approximate surface area is 123 Å². The van der Waals surface area contributed by atoms with Gasteiger partial charge in [-0.15, -0.1) is 0 Å². The Bertz CT molecular complexity index is 268. The summed E-state index contributed by atoms with van der Waals surface area (Å²) in [6.45, 7) is 5.71. The van der Waals surface area contributed by atoms with Crippen LogP contribution in [-0.2, 0) is 9.47 Å². The van der Waals surface area contributed by atoms with Gasteiger partial charge in [0.1, 0.15) is 0 Å². The van der Waals surface area contributed by atoms with E-state index < -0.39 is 0 Å². The predicted molar refractivity (Wildman–Crippen MR) is 79.9 cm³/mol. The molecule has 3 unspecified atom stereocenters. The molecule has 0 bridgehead atoms. The number of aliphatic hydroxyl groups excluding tert-OH is 1. The minimum atomic E-state index is -0.0561. The molecule has 1 aliphatic carbocycles. The molecule has 1 saturated heterocycles. The van der Waals surface area contributed by atoms with Crippen LogP contribution in [0.1, 0.15) is 51.9 Å². The number of nitrogens with one attached hydrogen (secondary N) is 1. The molecule has 3 atom stereocenters. The maximum absolute atomic E-state index is 9.76. The van der Waals surface area contributed by atoms with Crippen molar-refractivity contribution in [2.75, 3.05) is 33.0 Å². The Morgan fingerprint density at radius 1 is 1.30 bits per heavy atom. The van der Waals surface area contributed by atoms with E-state index in [-0.39, 0.29) is 12.1 Å². The monoisotopic (exact) mass is 285 g/mol. The maximum atomic E-state index is 9.76. The molecule has 118 valence electrons. The molecule has 0 aromatic heterocycles. The Morgan fingerprint density at radius 3 is 2.90 bits per heavy atom. The highest BCUT2D eigenvalue weighted by atomic mass is 16.5. The smallest absolute Gasteiger partial charge is 0.0808 e. The van der Waals surface area contributed by atoms with Crippen molar-refractivity contribution in [2.24, 2.45) is 5.92 Å². The average Bonchev–Trinajstić information content (AvgIpc) is 2.88. The van der Waals surface area contributed by atoms with Crippen molar-refractivity contribution < 1.29 is 14.6 Å². The standard InChI is InChI=1S/C16H31NO3/c1-2-17-16(13-18)9-5-6-14(16)8-11-19-12-15-7-3-4-10-20-15/h14-15,17-18H,2-13H2,1H3. The summed E-state index contributed by atoms with van der Waals surface area (Å²) >= 11 is 0. The second kappa shape index (κ2) is 8.32. The molecule has 4 nitrogen and oxygen atoms in total. The SMILES string of the molecule is CCNC1(CO)CCCC1CCOCC1CCCCO1. The van der Waals surface area contributed by atoms with Crippen molar-refractivity contribution in [3.8, 4) is 0 Å². The van der Waals surface area contributed by atoms with Crippen molar-refractivity contribution in [3.63, 3.8) is 0 Å². The molecule has 1 aliphatic heterocycles. The van der Waals surface area contributed by atoms with Crippen LogP contribution in [0.4, 0.5) is 0 Å². The average molecular weight is 285 g/mol. The molecule has 2 aliphatic rings. The van der Waals surface area contributed by atoms with Gasteiger partial charge in [-0.1, -0.05) is 13.3 Å². The van der Waals surface area contributed by atoms with Gasteiger partial charge in [0.25, 0.3) is 0 Å². The molecule has 0 radical (unpaired) electrons. The third-order valence-electron chi connectivity index (χ3n) is 4.96. The fraction of sp³-hybridized carbons (Fsp3) is 1.00. The van der Waals surface area contributed by atoms with Crippen LogP contribution in [0.15, 0.2) is 0 Å². The first-order chi connectivity index (χ1) is 9.80. The van der Waals surface area contributed by atoms with Crippen molar-refractivity contribution in [1.82, 2.24) is 5.32 Å². The zero-order valence-electron chi connectivity index (χ0n) is 12.9. The predicted octanol–water partition coefficient (Wildman–Crippen LogP) is 2.10. The van der Waals surface area contributed by atoms with Crippen LogP contribution in [0, 0.1) is 5.92 Å². The normalized spacial score (nSPS) is 34.5. The van der Waals surface area contributed by atoms with E-state index in [4.69, 9.17) is 9.47 Å². The van der Waals surface area contributed by atoms with Gasteiger partial charge in [-0.2, -0.15) is 0 Å². The van der Waals surface area contributed by atoms with Crippen molar-refractivity contribution in [2.45, 2.75) is 63.5 Å². The van der Waals surface area contributed by atoms with Crippen LogP contribution >= 0.6 is 0 Å². The van der Waals surface area contributed by atoms with E-state index in [1.165, 1.54) is 25.7 Å². The van der Waals surface area contributed by atoms with E-state index >= 15 is 0 Å². The van der Waals surface area contributed by atoms with E-state index in [9.17, 15) is 5.11 Å². The van der Waals surface area contributed by atoms with Crippen LogP contribution in [-0.4, -0.2) is 49.7 Å². The highest BCUT2D eigenvalue weighted by Crippen LogP contribution is 2.37. The minimum Gasteiger partial charge on any atom is -0.394 e. The van der Waals surface area contributed by atoms with Gasteiger partial charge in [-0.05, 0) is 51.0 Å². The summed E-state index contributed by atoms with van der Waals surface area (Å²) in [5.74, 6) is 0.541. The molecule has 1 heterocycles. The molecule has 0 aromatic carbocycles. The summed E-state index contributed by atoms with van der Waals surface area (Å²) in [7, 11) is 0. The van der Waals surface area contributed by atoms with Gasteiger partial charge in [0.05, 0.1) is 19.3 Å². The first-order valence-electron chi connectivity index (χ1n) is 8.36. The third kappa shape index (κ3) is 4.17. The Hall–Kier alpha value is -0.160. The molecule has 20 heavy (non-hydrogen) atoms. The molecular weight excluding hydrogens is 254 g/mol. The Kier molecular flexibility index (Phi) is 6.75. The molecule has 2 rings (SSSR count). The number of aliphatic hydroxyl groups is 1. The number of likely N-dealkylation sites (N-methyl/N-ethyl adjacent to an activating group) is 1. The first-order valence-corrected chi connectivity index (χ1v) is 8.36. The summed E-state index contributed by atoms with van der Waals surface area (Å²) in [5, 5.41) is 13.3. The topological polar surface area (TPSA) is 50.7 Å². The van der Waals surface area contributed by atoms with Gasteiger partial charge in [0, 0.05) is 18.8 Å². The fourth-order valence-electron chi connectivity index (χ4n) is 3.79. The minimum absolute atomic E-state index is 0.0561. The molecule has 2 fully saturated rings. The Morgan fingerprint density at radius 2 is 2.20 bits per heavy atom. The van der Waals surface area contributed by atoms with E-state index in [1.807, 2.05) is 0 Å². The first kappa shape index (κ1) is 16.2. The van der Waals surface area contributed by atoms with Gasteiger partial charge in [0.15, 0.2) is 0 Å². The maximum Gasteiger partial charge on any atom is 0.0808 e. The van der Waals surface area contributed by atoms with Crippen LogP contribution in [0.5, 0.6) is 0 Å². The Balaban J connectivity index is 1.67. The lowest BCUT2D eigenvalue weighted by atomic mass is 9.85. The summed E-state index contributed by atoms with van der Waals surface area (Å²) in [6.07, 6.45) is 8.46. The van der Waals surface area contributed by atoms with E-state index in [2.05, 4.69) is 12.2 Å². The number of hydrogen-bond acceptors (Lipinski definition) is 4. The highest BCUT2D eigenvalue weighted by molar-refractivity contribution is 4.98. The molecule has 0 aromatic rings. The van der Waals surface area contributed by atoms with E-state index in [1.54, 1.807) is 0 Å². The lowest BCUT2D eigenvalue weighted by molar-refractivity contribution is -0.0441. The van der Waals surface area contributed by atoms with E-state index in [0.29, 0.717) is 12.0 Å². The molecule has 0 amide bonds. The van der Waals surface area contributed by atoms with Gasteiger partial charge < -0.3 is 19.9 Å². The summed E-state index contributed by atoms with van der Waals surface area (Å²) in [5.41, 5.74) is -0.0561. The van der Waals surface area contributed by atoms with Crippen LogP contribution in [0.25, 0.3) is 0 Å². The summed E-state index contributed by atoms with van der Waals surface area (Å²) in [6, 6.07) is 0. The van der Waals surface area contributed by atoms with Crippen molar-refractivity contribution in [3.05, 3.63) is 0 Å².